The van der Waals surface area contributed by atoms with E-state index in [2.05, 4.69) is 15.3 Å². The lowest BCUT2D eigenvalue weighted by atomic mass is 10.1. The van der Waals surface area contributed by atoms with E-state index in [9.17, 15) is 4.79 Å². The van der Waals surface area contributed by atoms with Crippen LogP contribution in [0.25, 0.3) is 11.4 Å². The molecule has 0 aliphatic carbocycles. The number of aromatic amines is 1. The summed E-state index contributed by atoms with van der Waals surface area (Å²) in [6, 6.07) is 5.45. The van der Waals surface area contributed by atoms with Crippen LogP contribution in [0, 0.1) is 0 Å². The molecular formula is C15H17N3O3. The minimum absolute atomic E-state index is 0.0636. The van der Waals surface area contributed by atoms with Gasteiger partial charge >= 0.3 is 0 Å². The Balaban J connectivity index is 2.08. The van der Waals surface area contributed by atoms with Crippen LogP contribution in [-0.4, -0.2) is 30.7 Å². The molecule has 0 bridgehead atoms. The number of methoxy groups -OCH3 is 2. The highest BCUT2D eigenvalue weighted by Gasteiger charge is 2.16. The fourth-order valence-electron chi connectivity index (χ4n) is 2.49. The third-order valence-corrected chi connectivity index (χ3v) is 3.60. The topological polar surface area (TPSA) is 76.2 Å². The number of aromatic nitrogens is 2. The van der Waals surface area contributed by atoms with Gasteiger partial charge in [-0.25, -0.2) is 4.98 Å². The largest absolute Gasteiger partial charge is 0.493 e. The maximum atomic E-state index is 12.2. The Hall–Kier alpha value is -2.34. The molecule has 0 radical (unpaired) electrons. The van der Waals surface area contributed by atoms with Crippen molar-refractivity contribution >= 4 is 0 Å². The zero-order chi connectivity index (χ0) is 14.8. The molecule has 1 aromatic carbocycles. The van der Waals surface area contributed by atoms with Gasteiger partial charge < -0.3 is 19.8 Å². The molecule has 0 spiro atoms. The monoisotopic (exact) mass is 287 g/mol. The molecule has 6 nitrogen and oxygen atoms in total. The van der Waals surface area contributed by atoms with Crippen LogP contribution in [0.4, 0.5) is 0 Å². The van der Waals surface area contributed by atoms with Crippen LogP contribution in [0.3, 0.4) is 0 Å². The number of ether oxygens (including phenoxy) is 2. The van der Waals surface area contributed by atoms with Crippen LogP contribution in [0.5, 0.6) is 11.5 Å². The molecule has 0 saturated carbocycles. The minimum atomic E-state index is -0.0636. The molecule has 0 unspecified atom stereocenters. The van der Waals surface area contributed by atoms with Crippen LogP contribution in [0.1, 0.15) is 11.3 Å². The Morgan fingerprint density at radius 2 is 2.00 bits per heavy atom. The number of rotatable bonds is 3. The molecule has 110 valence electrons. The standard InChI is InChI=1S/C15H17N3O3/c1-20-12-4-3-9(7-13(12)21-2)14-17-11-8-16-6-5-10(11)15(19)18-14/h3-4,7,16H,5-6,8H2,1-2H3,(H,17,18,19). The van der Waals surface area contributed by atoms with Gasteiger partial charge in [-0.3, -0.25) is 4.79 Å². The van der Waals surface area contributed by atoms with Gasteiger partial charge in [0.2, 0.25) is 0 Å². The predicted molar refractivity (Wildman–Crippen MR) is 78.8 cm³/mol. The second kappa shape index (κ2) is 5.57. The molecule has 2 N–H and O–H groups in total. The van der Waals surface area contributed by atoms with Gasteiger partial charge in [0.05, 0.1) is 19.9 Å². The molecule has 1 aromatic heterocycles. The van der Waals surface area contributed by atoms with E-state index in [-0.39, 0.29) is 5.56 Å². The highest BCUT2D eigenvalue weighted by molar-refractivity contribution is 5.61. The molecule has 3 rings (SSSR count). The summed E-state index contributed by atoms with van der Waals surface area (Å²) in [6.45, 7) is 1.44. The van der Waals surface area contributed by atoms with Crippen molar-refractivity contribution in [1.29, 1.82) is 0 Å². The third-order valence-electron chi connectivity index (χ3n) is 3.60. The van der Waals surface area contributed by atoms with Gasteiger partial charge in [-0.1, -0.05) is 0 Å². The first-order valence-electron chi connectivity index (χ1n) is 6.78. The zero-order valence-corrected chi connectivity index (χ0v) is 12.0. The van der Waals surface area contributed by atoms with Crippen LogP contribution in [0.15, 0.2) is 23.0 Å². The van der Waals surface area contributed by atoms with Gasteiger partial charge in [0.15, 0.2) is 11.5 Å². The minimum Gasteiger partial charge on any atom is -0.493 e. The Morgan fingerprint density at radius 3 is 2.76 bits per heavy atom. The number of hydrogen-bond donors (Lipinski definition) is 2. The second-order valence-electron chi connectivity index (χ2n) is 4.84. The lowest BCUT2D eigenvalue weighted by Gasteiger charge is -2.16. The van der Waals surface area contributed by atoms with Gasteiger partial charge in [-0.2, -0.15) is 0 Å². The average Bonchev–Trinajstić information content (AvgIpc) is 2.54. The molecule has 21 heavy (non-hydrogen) atoms. The SMILES string of the molecule is COc1ccc(-c2nc3c(c(=O)[nH]2)CCNC3)cc1OC. The van der Waals surface area contributed by atoms with Crippen LogP contribution >= 0.6 is 0 Å². The van der Waals surface area contributed by atoms with Crippen molar-refractivity contribution in [2.75, 3.05) is 20.8 Å². The number of nitrogens with zero attached hydrogens (tertiary/aromatic N) is 1. The van der Waals surface area contributed by atoms with E-state index < -0.39 is 0 Å². The van der Waals surface area contributed by atoms with E-state index in [0.29, 0.717) is 30.3 Å². The normalized spacial score (nSPS) is 13.6. The van der Waals surface area contributed by atoms with Crippen LogP contribution in [-0.2, 0) is 13.0 Å². The summed E-state index contributed by atoms with van der Waals surface area (Å²) >= 11 is 0. The van der Waals surface area contributed by atoms with Gasteiger partial charge in [0.25, 0.3) is 5.56 Å². The molecule has 2 aromatic rings. The molecular weight excluding hydrogens is 270 g/mol. The smallest absolute Gasteiger partial charge is 0.254 e. The lowest BCUT2D eigenvalue weighted by Crippen LogP contribution is -2.31. The number of nitrogens with one attached hydrogen (secondary N) is 2. The summed E-state index contributed by atoms with van der Waals surface area (Å²) in [5.41, 5.74) is 2.32. The molecule has 0 atom stereocenters. The van der Waals surface area contributed by atoms with E-state index >= 15 is 0 Å². The summed E-state index contributed by atoms with van der Waals surface area (Å²) < 4.78 is 10.5. The molecule has 1 aliphatic heterocycles. The molecule has 0 saturated heterocycles. The van der Waals surface area contributed by atoms with Gasteiger partial charge in [0, 0.05) is 17.7 Å². The van der Waals surface area contributed by atoms with Crippen molar-refractivity contribution in [1.82, 2.24) is 15.3 Å². The Morgan fingerprint density at radius 1 is 1.19 bits per heavy atom. The van der Waals surface area contributed by atoms with Crippen molar-refractivity contribution in [3.63, 3.8) is 0 Å². The fourth-order valence-corrected chi connectivity index (χ4v) is 2.49. The summed E-state index contributed by atoms with van der Waals surface area (Å²) in [4.78, 5) is 19.6. The average molecular weight is 287 g/mol. The van der Waals surface area contributed by atoms with Crippen molar-refractivity contribution in [3.05, 3.63) is 39.8 Å². The predicted octanol–water partition coefficient (Wildman–Crippen LogP) is 1.10. The Bertz CT molecular complexity index is 725. The highest BCUT2D eigenvalue weighted by atomic mass is 16.5. The quantitative estimate of drug-likeness (QED) is 0.884. The fraction of sp³-hybridized carbons (Fsp3) is 0.333. The zero-order valence-electron chi connectivity index (χ0n) is 12.0. The Kier molecular flexibility index (Phi) is 3.62. The van der Waals surface area contributed by atoms with Crippen molar-refractivity contribution < 1.29 is 9.47 Å². The highest BCUT2D eigenvalue weighted by Crippen LogP contribution is 2.30. The number of H-pyrrole nitrogens is 1. The van der Waals surface area contributed by atoms with Gasteiger partial charge in [-0.15, -0.1) is 0 Å². The number of benzene rings is 1. The first kappa shape index (κ1) is 13.6. The van der Waals surface area contributed by atoms with Gasteiger partial charge in [-0.05, 0) is 31.2 Å². The number of fused-ring (bicyclic) bond motifs is 1. The summed E-state index contributed by atoms with van der Waals surface area (Å²) in [7, 11) is 3.16. The van der Waals surface area contributed by atoms with E-state index in [4.69, 9.17) is 9.47 Å². The number of hydrogen-bond acceptors (Lipinski definition) is 5. The van der Waals surface area contributed by atoms with Crippen LogP contribution in [0.2, 0.25) is 0 Å². The maximum absolute atomic E-state index is 12.2. The molecule has 0 fully saturated rings. The molecule has 2 heterocycles. The van der Waals surface area contributed by atoms with Crippen molar-refractivity contribution in [2.24, 2.45) is 0 Å². The molecule has 6 heteroatoms. The first-order valence-corrected chi connectivity index (χ1v) is 6.78. The second-order valence-corrected chi connectivity index (χ2v) is 4.84. The van der Waals surface area contributed by atoms with Crippen molar-refractivity contribution in [3.8, 4) is 22.9 Å². The van der Waals surface area contributed by atoms with Gasteiger partial charge in [0.1, 0.15) is 5.82 Å². The van der Waals surface area contributed by atoms with E-state index in [1.165, 1.54) is 0 Å². The Labute approximate surface area is 122 Å². The third kappa shape index (κ3) is 2.50. The summed E-state index contributed by atoms with van der Waals surface area (Å²) in [5, 5.41) is 3.23. The van der Waals surface area contributed by atoms with E-state index in [1.807, 2.05) is 6.07 Å². The molecule has 0 amide bonds. The molecule has 1 aliphatic rings. The maximum Gasteiger partial charge on any atom is 0.254 e. The summed E-state index contributed by atoms with van der Waals surface area (Å²) in [5.74, 6) is 1.79. The van der Waals surface area contributed by atoms with Crippen molar-refractivity contribution in [2.45, 2.75) is 13.0 Å². The van der Waals surface area contributed by atoms with E-state index in [0.717, 1.165) is 23.4 Å². The first-order chi connectivity index (χ1) is 10.2. The lowest BCUT2D eigenvalue weighted by molar-refractivity contribution is 0.355. The van der Waals surface area contributed by atoms with E-state index in [1.54, 1.807) is 26.4 Å². The van der Waals surface area contributed by atoms with Crippen LogP contribution < -0.4 is 20.3 Å². The summed E-state index contributed by atoms with van der Waals surface area (Å²) in [6.07, 6.45) is 0.712.